The van der Waals surface area contributed by atoms with E-state index < -0.39 is 0 Å². The van der Waals surface area contributed by atoms with E-state index >= 15 is 0 Å². The number of hydrogen-bond acceptors (Lipinski definition) is 6. The third-order valence-corrected chi connectivity index (χ3v) is 5.53. The van der Waals surface area contributed by atoms with Crippen molar-refractivity contribution in [2.75, 3.05) is 5.32 Å². The van der Waals surface area contributed by atoms with E-state index in [2.05, 4.69) is 15.5 Å². The molecule has 2 aromatic carbocycles. The van der Waals surface area contributed by atoms with Crippen molar-refractivity contribution in [2.24, 2.45) is 0 Å². The Balaban J connectivity index is 1.57. The quantitative estimate of drug-likeness (QED) is 0.482. The SMILES string of the molecule is C[C@H](Sc1nnc(NCc2ccccc2)s1)C(=O)c1ccc(F)cc1. The molecule has 0 fully saturated rings. The summed E-state index contributed by atoms with van der Waals surface area (Å²) >= 11 is 2.77. The van der Waals surface area contributed by atoms with Crippen LogP contribution < -0.4 is 5.32 Å². The molecule has 4 nitrogen and oxygen atoms in total. The van der Waals surface area contributed by atoms with E-state index in [9.17, 15) is 9.18 Å². The summed E-state index contributed by atoms with van der Waals surface area (Å²) in [7, 11) is 0. The standard InChI is InChI=1S/C18H16FN3OS2/c1-12(16(23)14-7-9-15(19)10-8-14)24-18-22-21-17(25-18)20-11-13-5-3-2-4-6-13/h2-10,12H,11H2,1H3,(H,20,21)/t12-/m0/s1. The fourth-order valence-corrected chi connectivity index (χ4v) is 4.12. The minimum atomic E-state index is -0.352. The summed E-state index contributed by atoms with van der Waals surface area (Å²) in [6, 6.07) is 15.6. The number of Topliss-reactive ketones (excluding diaryl/α,β-unsaturated/α-hetero) is 1. The van der Waals surface area contributed by atoms with E-state index in [1.165, 1.54) is 47.4 Å². The fourth-order valence-electron chi connectivity index (χ4n) is 2.16. The Labute approximate surface area is 153 Å². The summed E-state index contributed by atoms with van der Waals surface area (Å²) in [6.07, 6.45) is 0. The molecule has 3 rings (SSSR count). The third-order valence-electron chi connectivity index (χ3n) is 3.47. The van der Waals surface area contributed by atoms with Gasteiger partial charge in [0.25, 0.3) is 0 Å². The summed E-state index contributed by atoms with van der Waals surface area (Å²) in [5.74, 6) is -0.408. The van der Waals surface area contributed by atoms with Crippen LogP contribution in [0, 0.1) is 5.82 Å². The second kappa shape index (κ2) is 8.22. The van der Waals surface area contributed by atoms with Gasteiger partial charge < -0.3 is 5.32 Å². The Hall–Kier alpha value is -2.25. The molecule has 128 valence electrons. The highest BCUT2D eigenvalue weighted by Gasteiger charge is 2.18. The number of nitrogens with zero attached hydrogens (tertiary/aromatic N) is 2. The van der Waals surface area contributed by atoms with Gasteiger partial charge in [0.05, 0.1) is 5.25 Å². The first-order chi connectivity index (χ1) is 12.1. The predicted octanol–water partition coefficient (Wildman–Crippen LogP) is 4.65. The van der Waals surface area contributed by atoms with Gasteiger partial charge >= 0.3 is 0 Å². The zero-order chi connectivity index (χ0) is 17.6. The highest BCUT2D eigenvalue weighted by Crippen LogP contribution is 2.30. The highest BCUT2D eigenvalue weighted by molar-refractivity contribution is 8.02. The van der Waals surface area contributed by atoms with Gasteiger partial charge in [-0.15, -0.1) is 10.2 Å². The van der Waals surface area contributed by atoms with E-state index in [1.54, 1.807) is 0 Å². The molecular weight excluding hydrogens is 357 g/mol. The van der Waals surface area contributed by atoms with Crippen LogP contribution in [0.2, 0.25) is 0 Å². The first-order valence-corrected chi connectivity index (χ1v) is 9.39. The Morgan fingerprint density at radius 3 is 2.60 bits per heavy atom. The molecule has 0 saturated carbocycles. The number of ketones is 1. The van der Waals surface area contributed by atoms with Crippen LogP contribution in [0.5, 0.6) is 0 Å². The molecule has 0 aliphatic carbocycles. The summed E-state index contributed by atoms with van der Waals surface area (Å²) in [5.41, 5.74) is 1.65. The van der Waals surface area contributed by atoms with Crippen LogP contribution in [0.4, 0.5) is 9.52 Å². The predicted molar refractivity (Wildman–Crippen MR) is 99.7 cm³/mol. The van der Waals surface area contributed by atoms with Crippen molar-refractivity contribution in [3.63, 3.8) is 0 Å². The van der Waals surface area contributed by atoms with Crippen molar-refractivity contribution in [2.45, 2.75) is 23.1 Å². The zero-order valence-corrected chi connectivity index (χ0v) is 15.1. The molecule has 1 aromatic heterocycles. The monoisotopic (exact) mass is 373 g/mol. The number of hydrogen-bond donors (Lipinski definition) is 1. The number of aromatic nitrogens is 2. The van der Waals surface area contributed by atoms with Gasteiger partial charge in [-0.25, -0.2) is 4.39 Å². The smallest absolute Gasteiger partial charge is 0.206 e. The molecule has 0 amide bonds. The lowest BCUT2D eigenvalue weighted by Gasteiger charge is -2.07. The molecule has 7 heteroatoms. The summed E-state index contributed by atoms with van der Waals surface area (Å²) < 4.78 is 13.7. The maximum absolute atomic E-state index is 13.0. The summed E-state index contributed by atoms with van der Waals surface area (Å²) in [6.45, 7) is 2.49. The first-order valence-electron chi connectivity index (χ1n) is 7.69. The Morgan fingerprint density at radius 2 is 1.88 bits per heavy atom. The summed E-state index contributed by atoms with van der Waals surface area (Å²) in [4.78, 5) is 12.4. The van der Waals surface area contributed by atoms with Crippen LogP contribution in [-0.2, 0) is 6.54 Å². The van der Waals surface area contributed by atoms with Crippen LogP contribution in [0.1, 0.15) is 22.8 Å². The van der Waals surface area contributed by atoms with E-state index in [-0.39, 0.29) is 16.9 Å². The van der Waals surface area contributed by atoms with Crippen molar-refractivity contribution in [3.05, 3.63) is 71.5 Å². The third kappa shape index (κ3) is 4.87. The molecular formula is C18H16FN3OS2. The minimum Gasteiger partial charge on any atom is -0.356 e. The van der Waals surface area contributed by atoms with E-state index in [0.29, 0.717) is 17.2 Å². The largest absolute Gasteiger partial charge is 0.356 e. The molecule has 0 unspecified atom stereocenters. The van der Waals surface area contributed by atoms with Gasteiger partial charge in [-0.05, 0) is 36.8 Å². The molecule has 0 aliphatic rings. The van der Waals surface area contributed by atoms with Crippen molar-refractivity contribution in [1.29, 1.82) is 0 Å². The average Bonchev–Trinajstić information content (AvgIpc) is 3.08. The molecule has 0 spiro atoms. The van der Waals surface area contributed by atoms with E-state index in [4.69, 9.17) is 0 Å². The Kier molecular flexibility index (Phi) is 5.78. The number of anilines is 1. The van der Waals surface area contributed by atoms with Gasteiger partial charge in [0.15, 0.2) is 10.1 Å². The zero-order valence-electron chi connectivity index (χ0n) is 13.5. The lowest BCUT2D eigenvalue weighted by atomic mass is 10.1. The number of carbonyl (C=O) groups is 1. The van der Waals surface area contributed by atoms with E-state index in [1.807, 2.05) is 37.3 Å². The van der Waals surface area contributed by atoms with Crippen LogP contribution >= 0.6 is 23.1 Å². The number of carbonyl (C=O) groups excluding carboxylic acids is 1. The lowest BCUT2D eigenvalue weighted by molar-refractivity contribution is 0.0994. The molecule has 0 aliphatic heterocycles. The van der Waals surface area contributed by atoms with Gasteiger partial charge in [0.1, 0.15) is 5.82 Å². The number of rotatable bonds is 7. The number of benzene rings is 2. The maximum Gasteiger partial charge on any atom is 0.206 e. The van der Waals surface area contributed by atoms with Crippen molar-refractivity contribution < 1.29 is 9.18 Å². The van der Waals surface area contributed by atoms with Crippen LogP contribution in [-0.4, -0.2) is 21.2 Å². The Morgan fingerprint density at radius 1 is 1.16 bits per heavy atom. The van der Waals surface area contributed by atoms with Gasteiger partial charge in [-0.1, -0.05) is 53.4 Å². The minimum absolute atomic E-state index is 0.0565. The molecule has 0 radical (unpaired) electrons. The van der Waals surface area contributed by atoms with Crippen molar-refractivity contribution in [3.8, 4) is 0 Å². The highest BCUT2D eigenvalue weighted by atomic mass is 32.2. The molecule has 1 atom stereocenters. The average molecular weight is 373 g/mol. The van der Waals surface area contributed by atoms with Gasteiger partial charge in [-0.3, -0.25) is 4.79 Å². The molecule has 1 N–H and O–H groups in total. The van der Waals surface area contributed by atoms with E-state index in [0.717, 1.165) is 9.90 Å². The van der Waals surface area contributed by atoms with Crippen molar-refractivity contribution in [1.82, 2.24) is 10.2 Å². The molecule has 1 heterocycles. The maximum atomic E-state index is 13.0. The summed E-state index contributed by atoms with van der Waals surface area (Å²) in [5, 5.41) is 11.8. The molecule has 0 bridgehead atoms. The molecule has 25 heavy (non-hydrogen) atoms. The molecule has 0 saturated heterocycles. The topological polar surface area (TPSA) is 54.9 Å². The van der Waals surface area contributed by atoms with Crippen LogP contribution in [0.15, 0.2) is 58.9 Å². The number of thioether (sulfide) groups is 1. The van der Waals surface area contributed by atoms with Gasteiger partial charge in [0.2, 0.25) is 5.13 Å². The fraction of sp³-hybridized carbons (Fsp3) is 0.167. The Bertz CT molecular complexity index is 837. The number of nitrogens with one attached hydrogen (secondary N) is 1. The lowest BCUT2D eigenvalue weighted by Crippen LogP contribution is -2.13. The van der Waals surface area contributed by atoms with Gasteiger partial charge in [0, 0.05) is 12.1 Å². The molecule has 3 aromatic rings. The van der Waals surface area contributed by atoms with Gasteiger partial charge in [-0.2, -0.15) is 0 Å². The second-order valence-electron chi connectivity index (χ2n) is 5.34. The number of halogens is 1. The van der Waals surface area contributed by atoms with Crippen LogP contribution in [0.25, 0.3) is 0 Å². The second-order valence-corrected chi connectivity index (χ2v) is 7.91. The van der Waals surface area contributed by atoms with Crippen LogP contribution in [0.3, 0.4) is 0 Å². The first kappa shape index (κ1) is 17.6. The van der Waals surface area contributed by atoms with Crippen molar-refractivity contribution >= 4 is 34.0 Å². The normalized spacial score (nSPS) is 11.9.